The molecule has 2 heterocycles. The van der Waals surface area contributed by atoms with Crippen molar-refractivity contribution in [2.45, 2.75) is 50.0 Å². The molecule has 2 amide bonds. The van der Waals surface area contributed by atoms with E-state index in [2.05, 4.69) is 10.4 Å². The Morgan fingerprint density at radius 3 is 2.35 bits per heavy atom. The van der Waals surface area contributed by atoms with Gasteiger partial charge in [0.05, 0.1) is 17.2 Å². The summed E-state index contributed by atoms with van der Waals surface area (Å²) >= 11 is 0. The minimum absolute atomic E-state index is 0.0204. The molecule has 1 fully saturated rings. The molecule has 0 radical (unpaired) electrons. The first-order chi connectivity index (χ1) is 16.4. The molecule has 0 spiro atoms. The van der Waals surface area contributed by atoms with E-state index < -0.39 is 10.0 Å². The zero-order valence-electron chi connectivity index (χ0n) is 19.2. The Morgan fingerprint density at radius 2 is 1.59 bits per heavy atom. The van der Waals surface area contributed by atoms with Crippen LogP contribution in [0.25, 0.3) is 0 Å². The van der Waals surface area contributed by atoms with Crippen LogP contribution >= 0.6 is 0 Å². The molecule has 4 rings (SSSR count). The molecule has 2 aliphatic rings. The summed E-state index contributed by atoms with van der Waals surface area (Å²) in [7, 11) is -3.60. The predicted octanol–water partition coefficient (Wildman–Crippen LogP) is 2.89. The average molecular weight is 483 g/mol. The lowest BCUT2D eigenvalue weighted by Crippen LogP contribution is -2.36. The molecule has 1 saturated heterocycles. The molecule has 180 valence electrons. The van der Waals surface area contributed by atoms with E-state index >= 15 is 0 Å². The Bertz CT molecular complexity index is 1160. The fraction of sp³-hybridized carbons (Fsp3) is 0.400. The SMILES string of the molecule is O=C(CCC(=O)N1CCC(c2ccccc2)=N1)NCc1ccccc1S(=O)(=O)N1CCCCC1. The summed E-state index contributed by atoms with van der Waals surface area (Å²) in [5, 5.41) is 8.60. The van der Waals surface area contributed by atoms with Crippen molar-refractivity contribution in [2.75, 3.05) is 19.6 Å². The van der Waals surface area contributed by atoms with Gasteiger partial charge in [-0.25, -0.2) is 13.4 Å². The van der Waals surface area contributed by atoms with Crippen molar-refractivity contribution >= 4 is 27.5 Å². The first-order valence-electron chi connectivity index (χ1n) is 11.7. The highest BCUT2D eigenvalue weighted by Gasteiger charge is 2.28. The fourth-order valence-electron chi connectivity index (χ4n) is 4.25. The number of piperidine rings is 1. The summed E-state index contributed by atoms with van der Waals surface area (Å²) in [5.74, 6) is -0.501. The number of sulfonamides is 1. The number of carbonyl (C=O) groups is 2. The molecule has 0 atom stereocenters. The molecule has 2 aromatic rings. The average Bonchev–Trinajstić information content (AvgIpc) is 3.38. The number of rotatable bonds is 8. The van der Waals surface area contributed by atoms with Gasteiger partial charge in [0, 0.05) is 38.9 Å². The molecular formula is C25H30N4O4S. The zero-order valence-corrected chi connectivity index (χ0v) is 20.0. The summed E-state index contributed by atoms with van der Waals surface area (Å²) < 4.78 is 27.7. The van der Waals surface area contributed by atoms with Crippen molar-refractivity contribution in [1.29, 1.82) is 0 Å². The van der Waals surface area contributed by atoms with Gasteiger partial charge in [0.1, 0.15) is 0 Å². The van der Waals surface area contributed by atoms with Crippen LogP contribution in [0.1, 0.15) is 49.7 Å². The van der Waals surface area contributed by atoms with Crippen LogP contribution in [0.4, 0.5) is 0 Å². The molecule has 0 unspecified atom stereocenters. The lowest BCUT2D eigenvalue weighted by Gasteiger charge is -2.26. The standard InChI is InChI=1S/C25H30N4O4S/c30-24(13-14-25(31)29-18-15-22(27-29)20-9-3-1-4-10-20)26-19-21-11-5-6-12-23(21)34(32,33)28-16-7-2-8-17-28/h1,3-6,9-12H,2,7-8,13-19H2,(H,26,30). The van der Waals surface area contributed by atoms with Gasteiger partial charge in [-0.05, 0) is 30.0 Å². The van der Waals surface area contributed by atoms with Gasteiger partial charge in [0.15, 0.2) is 0 Å². The number of benzene rings is 2. The third-order valence-electron chi connectivity index (χ3n) is 6.14. The predicted molar refractivity (Wildman–Crippen MR) is 129 cm³/mol. The normalized spacial score (nSPS) is 16.8. The maximum absolute atomic E-state index is 13.1. The van der Waals surface area contributed by atoms with E-state index in [-0.39, 0.29) is 36.1 Å². The van der Waals surface area contributed by atoms with Gasteiger partial charge in [0.2, 0.25) is 21.8 Å². The smallest absolute Gasteiger partial charge is 0.243 e. The van der Waals surface area contributed by atoms with Gasteiger partial charge in [-0.3, -0.25) is 9.59 Å². The Balaban J connectivity index is 1.30. The van der Waals surface area contributed by atoms with Crippen LogP contribution in [0.15, 0.2) is 64.6 Å². The Hall–Kier alpha value is -3.04. The number of nitrogens with one attached hydrogen (secondary N) is 1. The molecule has 0 aliphatic carbocycles. The molecular weight excluding hydrogens is 452 g/mol. The number of nitrogens with zero attached hydrogens (tertiary/aromatic N) is 3. The molecule has 0 bridgehead atoms. The van der Waals surface area contributed by atoms with Crippen molar-refractivity contribution in [2.24, 2.45) is 5.10 Å². The molecule has 1 N–H and O–H groups in total. The van der Waals surface area contributed by atoms with Crippen LogP contribution in [-0.2, 0) is 26.2 Å². The fourth-order valence-corrected chi connectivity index (χ4v) is 5.99. The molecule has 34 heavy (non-hydrogen) atoms. The summed E-state index contributed by atoms with van der Waals surface area (Å²) in [5.41, 5.74) is 2.41. The van der Waals surface area contributed by atoms with Gasteiger partial charge < -0.3 is 5.32 Å². The maximum Gasteiger partial charge on any atom is 0.243 e. The number of carbonyl (C=O) groups excluding carboxylic acids is 2. The minimum Gasteiger partial charge on any atom is -0.352 e. The summed E-state index contributed by atoms with van der Waals surface area (Å²) in [6, 6.07) is 16.5. The Labute approximate surface area is 200 Å². The third kappa shape index (κ3) is 5.71. The molecule has 2 aliphatic heterocycles. The van der Waals surface area contributed by atoms with E-state index in [1.54, 1.807) is 24.3 Å². The van der Waals surface area contributed by atoms with Crippen LogP contribution < -0.4 is 5.32 Å². The lowest BCUT2D eigenvalue weighted by atomic mass is 10.1. The summed E-state index contributed by atoms with van der Waals surface area (Å²) in [6.07, 6.45) is 3.51. The lowest BCUT2D eigenvalue weighted by molar-refractivity contribution is -0.133. The van der Waals surface area contributed by atoms with Crippen molar-refractivity contribution in [1.82, 2.24) is 14.6 Å². The third-order valence-corrected chi connectivity index (χ3v) is 8.14. The molecule has 2 aromatic carbocycles. The summed E-state index contributed by atoms with van der Waals surface area (Å²) in [6.45, 7) is 1.65. The second-order valence-corrected chi connectivity index (χ2v) is 10.4. The van der Waals surface area contributed by atoms with E-state index in [4.69, 9.17) is 0 Å². The topological polar surface area (TPSA) is 99.1 Å². The van der Waals surface area contributed by atoms with Crippen molar-refractivity contribution < 1.29 is 18.0 Å². The zero-order chi connectivity index (χ0) is 24.0. The van der Waals surface area contributed by atoms with Crippen LogP contribution in [0.2, 0.25) is 0 Å². The summed E-state index contributed by atoms with van der Waals surface area (Å²) in [4.78, 5) is 25.2. The van der Waals surface area contributed by atoms with Gasteiger partial charge in [-0.2, -0.15) is 9.41 Å². The monoisotopic (exact) mass is 482 g/mol. The highest BCUT2D eigenvalue weighted by Crippen LogP contribution is 2.23. The number of hydrogen-bond acceptors (Lipinski definition) is 5. The van der Waals surface area contributed by atoms with E-state index in [0.29, 0.717) is 31.6 Å². The number of amides is 2. The van der Waals surface area contributed by atoms with Crippen molar-refractivity contribution in [3.63, 3.8) is 0 Å². The molecule has 9 heteroatoms. The molecule has 8 nitrogen and oxygen atoms in total. The molecule has 0 aromatic heterocycles. The Kier molecular flexibility index (Phi) is 7.74. The van der Waals surface area contributed by atoms with Gasteiger partial charge in [-0.1, -0.05) is 55.0 Å². The first-order valence-corrected chi connectivity index (χ1v) is 13.2. The van der Waals surface area contributed by atoms with Crippen LogP contribution in [0, 0.1) is 0 Å². The second kappa shape index (κ2) is 10.9. The van der Waals surface area contributed by atoms with Crippen molar-refractivity contribution in [3.05, 3.63) is 65.7 Å². The highest BCUT2D eigenvalue weighted by molar-refractivity contribution is 7.89. The maximum atomic E-state index is 13.1. The van der Waals surface area contributed by atoms with E-state index in [0.717, 1.165) is 30.5 Å². The van der Waals surface area contributed by atoms with Crippen LogP contribution in [0.3, 0.4) is 0 Å². The number of hydrazone groups is 1. The van der Waals surface area contributed by atoms with Gasteiger partial charge in [-0.15, -0.1) is 0 Å². The highest BCUT2D eigenvalue weighted by atomic mass is 32.2. The van der Waals surface area contributed by atoms with Gasteiger partial charge >= 0.3 is 0 Å². The van der Waals surface area contributed by atoms with E-state index in [1.165, 1.54) is 9.31 Å². The minimum atomic E-state index is -3.60. The first kappa shape index (κ1) is 24.1. The Morgan fingerprint density at radius 1 is 0.882 bits per heavy atom. The van der Waals surface area contributed by atoms with Crippen LogP contribution in [0.5, 0.6) is 0 Å². The second-order valence-electron chi connectivity index (χ2n) is 8.53. The quantitative estimate of drug-likeness (QED) is 0.625. The largest absolute Gasteiger partial charge is 0.352 e. The van der Waals surface area contributed by atoms with Crippen LogP contribution in [-0.4, -0.2) is 54.9 Å². The van der Waals surface area contributed by atoms with Gasteiger partial charge in [0.25, 0.3) is 0 Å². The van der Waals surface area contributed by atoms with Crippen molar-refractivity contribution in [3.8, 4) is 0 Å². The number of hydrogen-bond donors (Lipinski definition) is 1. The van der Waals surface area contributed by atoms with E-state index in [9.17, 15) is 18.0 Å². The van der Waals surface area contributed by atoms with E-state index in [1.807, 2.05) is 30.3 Å². The molecule has 0 saturated carbocycles.